The zero-order valence-electron chi connectivity index (χ0n) is 15.5. The number of nitrogens with zero attached hydrogens (tertiary/aromatic N) is 1. The molecular weight excluding hydrogens is 362 g/mol. The number of anilines is 2. The second-order valence-corrected chi connectivity index (χ2v) is 6.76. The van der Waals surface area contributed by atoms with Gasteiger partial charge in [0.05, 0.1) is 6.54 Å². The summed E-state index contributed by atoms with van der Waals surface area (Å²) in [6, 6.07) is 13.8. The Kier molecular flexibility index (Phi) is 7.25. The van der Waals surface area contributed by atoms with Crippen LogP contribution in [0.15, 0.2) is 42.5 Å². The lowest BCUT2D eigenvalue weighted by Crippen LogP contribution is -2.42. The molecule has 0 saturated carbocycles. The largest absolute Gasteiger partial charge is 0.398 e. The van der Waals surface area contributed by atoms with Crippen LogP contribution in [0.4, 0.5) is 11.4 Å². The number of fused-ring (bicyclic) bond motifs is 1. The zero-order valence-corrected chi connectivity index (χ0v) is 16.3. The van der Waals surface area contributed by atoms with Crippen LogP contribution in [-0.4, -0.2) is 24.9 Å². The molecule has 3 N–H and O–H groups in total. The first-order valence-corrected chi connectivity index (χ1v) is 9.04. The Labute approximate surface area is 166 Å². The number of hydrogen-bond donors (Lipinski definition) is 2. The summed E-state index contributed by atoms with van der Waals surface area (Å²) in [5, 5.41) is 2.75. The maximum Gasteiger partial charge on any atom is 0.246 e. The number of benzene rings is 2. The molecule has 0 aliphatic carbocycles. The highest BCUT2D eigenvalue weighted by Gasteiger charge is 2.23. The minimum absolute atomic E-state index is 0. The lowest BCUT2D eigenvalue weighted by atomic mass is 10.00. The highest BCUT2D eigenvalue weighted by Crippen LogP contribution is 2.31. The summed E-state index contributed by atoms with van der Waals surface area (Å²) in [6.45, 7) is 2.71. The Morgan fingerprint density at radius 1 is 1.15 bits per heavy atom. The molecule has 2 aromatic carbocycles. The Hall–Kier alpha value is -2.53. The van der Waals surface area contributed by atoms with Gasteiger partial charge in [0.1, 0.15) is 0 Å². The molecule has 0 spiro atoms. The number of carbonyl (C=O) groups excluding carboxylic acids is 2. The average Bonchev–Trinajstić information content (AvgIpc) is 2.65. The lowest BCUT2D eigenvalue weighted by Gasteiger charge is -2.30. The minimum Gasteiger partial charge on any atom is -0.398 e. The SMILES string of the molecule is Cc1ccc(CCC(=O)NCC(=O)N2CCCc3c(N)cccc32)cc1.Cl. The molecule has 6 heteroatoms. The monoisotopic (exact) mass is 387 g/mol. The molecule has 0 atom stereocenters. The molecule has 3 rings (SSSR count). The van der Waals surface area contributed by atoms with E-state index in [1.165, 1.54) is 5.56 Å². The molecular formula is C21H26ClN3O2. The van der Waals surface area contributed by atoms with Crippen molar-refractivity contribution < 1.29 is 9.59 Å². The average molecular weight is 388 g/mol. The Morgan fingerprint density at radius 2 is 1.89 bits per heavy atom. The fourth-order valence-corrected chi connectivity index (χ4v) is 3.28. The van der Waals surface area contributed by atoms with Gasteiger partial charge in [0.2, 0.25) is 11.8 Å². The number of halogens is 1. The van der Waals surface area contributed by atoms with Gasteiger partial charge in [-0.15, -0.1) is 12.4 Å². The van der Waals surface area contributed by atoms with Gasteiger partial charge >= 0.3 is 0 Å². The van der Waals surface area contributed by atoms with Crippen LogP contribution in [0.5, 0.6) is 0 Å². The molecule has 0 radical (unpaired) electrons. The predicted octanol–water partition coefficient (Wildman–Crippen LogP) is 3.03. The normalized spacial score (nSPS) is 12.7. The summed E-state index contributed by atoms with van der Waals surface area (Å²) in [5.41, 5.74) is 11.0. The molecule has 0 aromatic heterocycles. The highest BCUT2D eigenvalue weighted by molar-refractivity contribution is 5.98. The fourth-order valence-electron chi connectivity index (χ4n) is 3.28. The highest BCUT2D eigenvalue weighted by atomic mass is 35.5. The first kappa shape index (κ1) is 20.8. The smallest absolute Gasteiger partial charge is 0.246 e. The van der Waals surface area contributed by atoms with Gasteiger partial charge in [-0.25, -0.2) is 0 Å². The topological polar surface area (TPSA) is 75.4 Å². The summed E-state index contributed by atoms with van der Waals surface area (Å²) < 4.78 is 0. The van der Waals surface area contributed by atoms with Crippen molar-refractivity contribution in [2.24, 2.45) is 0 Å². The quantitative estimate of drug-likeness (QED) is 0.774. The van der Waals surface area contributed by atoms with Crippen molar-refractivity contribution in [3.8, 4) is 0 Å². The molecule has 2 aromatic rings. The molecule has 0 unspecified atom stereocenters. The van der Waals surface area contributed by atoms with Crippen molar-refractivity contribution in [3.05, 3.63) is 59.2 Å². The molecule has 144 valence electrons. The van der Waals surface area contributed by atoms with Gasteiger partial charge in [0, 0.05) is 24.3 Å². The summed E-state index contributed by atoms with van der Waals surface area (Å²) in [6.07, 6.45) is 2.81. The van der Waals surface area contributed by atoms with Crippen LogP contribution >= 0.6 is 12.4 Å². The van der Waals surface area contributed by atoms with Gasteiger partial charge in [0.25, 0.3) is 0 Å². The van der Waals surface area contributed by atoms with Crippen LogP contribution in [0.3, 0.4) is 0 Å². The van der Waals surface area contributed by atoms with Crippen molar-refractivity contribution in [2.75, 3.05) is 23.7 Å². The summed E-state index contributed by atoms with van der Waals surface area (Å²) in [7, 11) is 0. The third kappa shape index (κ3) is 5.23. The van der Waals surface area contributed by atoms with Crippen molar-refractivity contribution in [3.63, 3.8) is 0 Å². The van der Waals surface area contributed by atoms with E-state index in [0.29, 0.717) is 19.4 Å². The number of aryl methyl sites for hydroxylation is 2. The number of nitrogen functional groups attached to an aromatic ring is 1. The van der Waals surface area contributed by atoms with E-state index in [-0.39, 0.29) is 30.8 Å². The molecule has 2 amide bonds. The number of amides is 2. The molecule has 0 saturated heterocycles. The van der Waals surface area contributed by atoms with Crippen molar-refractivity contribution in [1.82, 2.24) is 5.32 Å². The lowest BCUT2D eigenvalue weighted by molar-refractivity contribution is -0.125. The van der Waals surface area contributed by atoms with E-state index in [0.717, 1.165) is 35.3 Å². The van der Waals surface area contributed by atoms with Crippen LogP contribution in [0.25, 0.3) is 0 Å². The standard InChI is InChI=1S/C21H25N3O2.ClH/c1-15-7-9-16(10-8-15)11-12-20(25)23-14-21(26)24-13-3-4-17-18(22)5-2-6-19(17)24;/h2,5-10H,3-4,11-14,22H2,1H3,(H,23,25);1H. The summed E-state index contributed by atoms with van der Waals surface area (Å²) in [5.74, 6) is -0.205. The van der Waals surface area contributed by atoms with Crippen LogP contribution < -0.4 is 16.0 Å². The van der Waals surface area contributed by atoms with Gasteiger partial charge in [-0.2, -0.15) is 0 Å². The van der Waals surface area contributed by atoms with Gasteiger partial charge < -0.3 is 16.0 Å². The van der Waals surface area contributed by atoms with Crippen molar-refractivity contribution in [2.45, 2.75) is 32.6 Å². The molecule has 27 heavy (non-hydrogen) atoms. The zero-order chi connectivity index (χ0) is 18.5. The molecule has 5 nitrogen and oxygen atoms in total. The molecule has 1 aliphatic heterocycles. The van der Waals surface area contributed by atoms with Crippen molar-refractivity contribution >= 4 is 35.6 Å². The van der Waals surface area contributed by atoms with Crippen LogP contribution in [0.1, 0.15) is 29.5 Å². The summed E-state index contributed by atoms with van der Waals surface area (Å²) in [4.78, 5) is 26.4. The fraction of sp³-hybridized carbons (Fsp3) is 0.333. The first-order valence-electron chi connectivity index (χ1n) is 9.04. The number of carbonyl (C=O) groups is 2. The Bertz CT molecular complexity index is 806. The van der Waals surface area contributed by atoms with Crippen LogP contribution in [-0.2, 0) is 22.4 Å². The number of hydrogen-bond acceptors (Lipinski definition) is 3. The molecule has 1 aliphatic rings. The second kappa shape index (κ2) is 9.42. The van der Waals surface area contributed by atoms with E-state index < -0.39 is 0 Å². The van der Waals surface area contributed by atoms with E-state index in [9.17, 15) is 9.59 Å². The Balaban J connectivity index is 0.00000261. The number of rotatable bonds is 5. The van der Waals surface area contributed by atoms with E-state index in [2.05, 4.69) is 5.32 Å². The van der Waals surface area contributed by atoms with Gasteiger partial charge in [-0.05, 0) is 49.4 Å². The van der Waals surface area contributed by atoms with Crippen LogP contribution in [0.2, 0.25) is 0 Å². The number of nitrogens with one attached hydrogen (secondary N) is 1. The maximum absolute atomic E-state index is 12.6. The molecule has 0 fully saturated rings. The molecule has 0 bridgehead atoms. The number of nitrogens with two attached hydrogens (primary N) is 1. The van der Waals surface area contributed by atoms with Crippen LogP contribution in [0, 0.1) is 6.92 Å². The van der Waals surface area contributed by atoms with Gasteiger partial charge in [-0.1, -0.05) is 35.9 Å². The third-order valence-corrected chi connectivity index (χ3v) is 4.79. The van der Waals surface area contributed by atoms with E-state index in [4.69, 9.17) is 5.73 Å². The van der Waals surface area contributed by atoms with E-state index >= 15 is 0 Å². The van der Waals surface area contributed by atoms with Gasteiger partial charge in [-0.3, -0.25) is 9.59 Å². The van der Waals surface area contributed by atoms with Gasteiger partial charge in [0.15, 0.2) is 0 Å². The third-order valence-electron chi connectivity index (χ3n) is 4.79. The Morgan fingerprint density at radius 3 is 2.63 bits per heavy atom. The second-order valence-electron chi connectivity index (χ2n) is 6.76. The first-order chi connectivity index (χ1) is 12.5. The maximum atomic E-state index is 12.6. The molecule has 1 heterocycles. The van der Waals surface area contributed by atoms with E-state index in [1.54, 1.807) is 4.90 Å². The summed E-state index contributed by atoms with van der Waals surface area (Å²) >= 11 is 0. The minimum atomic E-state index is -0.108. The van der Waals surface area contributed by atoms with Crippen molar-refractivity contribution in [1.29, 1.82) is 0 Å². The predicted molar refractivity (Wildman–Crippen MR) is 111 cm³/mol. The van der Waals surface area contributed by atoms with E-state index in [1.807, 2.05) is 49.4 Å².